The molecule has 0 saturated carbocycles. The fraction of sp³-hybridized carbons (Fsp3) is 0.115. The summed E-state index contributed by atoms with van der Waals surface area (Å²) in [5.74, 6) is -0.638. The molecule has 1 N–H and O–H groups in total. The molecule has 176 valence electrons. The van der Waals surface area contributed by atoms with Crippen molar-refractivity contribution in [2.45, 2.75) is 12.8 Å². The standard InChI is InChI=1S/C26H20FIN4O2S/c1-29-26(33)19-12-21-22(15-32(35-34-28)25(21)31-14-19)18-11-20-17(8-7-16-5-3-2-4-6-16)9-10-30-24(20)23(27)13-18/h2-6,9-15H,7-8H2,1H3,(H,29,33). The number of carbonyl (C=O) groups excluding carboxylic acids is 1. The van der Waals surface area contributed by atoms with Gasteiger partial charge in [-0.05, 0) is 53.8 Å². The zero-order valence-electron chi connectivity index (χ0n) is 18.7. The number of fused-ring (bicyclic) bond motifs is 2. The monoisotopic (exact) mass is 598 g/mol. The van der Waals surface area contributed by atoms with Crippen LogP contribution in [0, 0.1) is 5.82 Å². The minimum atomic E-state index is -0.395. The first kappa shape index (κ1) is 23.7. The molecule has 0 radical (unpaired) electrons. The molecular formula is C26H20FIN4O2S. The highest BCUT2D eigenvalue weighted by Crippen LogP contribution is 2.36. The van der Waals surface area contributed by atoms with Crippen LogP contribution in [0.1, 0.15) is 21.5 Å². The Hall–Kier alpha value is -3.02. The molecule has 5 rings (SSSR count). The van der Waals surface area contributed by atoms with E-state index in [1.54, 1.807) is 46.3 Å². The van der Waals surface area contributed by atoms with Crippen LogP contribution in [0.4, 0.5) is 4.39 Å². The molecule has 0 aliphatic rings. The Balaban J connectivity index is 1.64. The zero-order chi connectivity index (χ0) is 24.4. The molecule has 6 nitrogen and oxygen atoms in total. The maximum atomic E-state index is 15.3. The Morgan fingerprint density at radius 3 is 2.71 bits per heavy atom. The molecule has 1 amide bonds. The first-order valence-electron chi connectivity index (χ1n) is 10.9. The average molecular weight is 598 g/mol. The number of nitrogens with one attached hydrogen (secondary N) is 1. The van der Waals surface area contributed by atoms with Crippen LogP contribution in [-0.2, 0) is 15.4 Å². The minimum absolute atomic E-state index is 0.243. The van der Waals surface area contributed by atoms with Gasteiger partial charge >= 0.3 is 0 Å². The highest BCUT2D eigenvalue weighted by atomic mass is 127. The fourth-order valence-electron chi connectivity index (χ4n) is 4.23. The summed E-state index contributed by atoms with van der Waals surface area (Å²) in [5, 5.41) is 4.11. The van der Waals surface area contributed by atoms with E-state index in [0.717, 1.165) is 47.0 Å². The van der Waals surface area contributed by atoms with Crippen LogP contribution in [0.2, 0.25) is 0 Å². The van der Waals surface area contributed by atoms with Gasteiger partial charge in [-0.2, -0.15) is 0 Å². The van der Waals surface area contributed by atoms with Crippen molar-refractivity contribution in [3.63, 3.8) is 0 Å². The first-order valence-corrected chi connectivity index (χ1v) is 12.5. The summed E-state index contributed by atoms with van der Waals surface area (Å²) in [6, 6.07) is 17.4. The van der Waals surface area contributed by atoms with Crippen molar-refractivity contribution in [1.29, 1.82) is 0 Å². The van der Waals surface area contributed by atoms with Gasteiger partial charge in [0.25, 0.3) is 5.91 Å². The van der Waals surface area contributed by atoms with E-state index in [1.807, 2.05) is 36.5 Å². The van der Waals surface area contributed by atoms with Crippen molar-refractivity contribution in [1.82, 2.24) is 19.3 Å². The minimum Gasteiger partial charge on any atom is -0.355 e. The highest BCUT2D eigenvalue weighted by Gasteiger charge is 2.18. The number of pyridine rings is 2. The third-order valence-electron chi connectivity index (χ3n) is 5.94. The lowest BCUT2D eigenvalue weighted by atomic mass is 9.97. The van der Waals surface area contributed by atoms with Crippen molar-refractivity contribution in [2.24, 2.45) is 0 Å². The van der Waals surface area contributed by atoms with Crippen molar-refractivity contribution in [3.8, 4) is 11.1 Å². The Morgan fingerprint density at radius 1 is 1.11 bits per heavy atom. The van der Waals surface area contributed by atoms with Gasteiger partial charge in [-0.15, -0.1) is 0 Å². The van der Waals surface area contributed by atoms with Gasteiger partial charge in [-0.3, -0.25) is 13.8 Å². The fourth-order valence-corrected chi connectivity index (χ4v) is 5.17. The predicted octanol–water partition coefficient (Wildman–Crippen LogP) is 6.31. The molecule has 0 spiro atoms. The molecule has 2 aromatic carbocycles. The van der Waals surface area contributed by atoms with Crippen LogP contribution in [0.25, 0.3) is 33.1 Å². The van der Waals surface area contributed by atoms with Crippen molar-refractivity contribution >= 4 is 63.1 Å². The van der Waals surface area contributed by atoms with Crippen LogP contribution < -0.4 is 5.32 Å². The number of rotatable bonds is 7. The molecule has 0 saturated heterocycles. The largest absolute Gasteiger partial charge is 0.355 e. The van der Waals surface area contributed by atoms with Gasteiger partial charge in [0.05, 0.1) is 5.56 Å². The third-order valence-corrected chi connectivity index (χ3v) is 6.91. The van der Waals surface area contributed by atoms with E-state index in [2.05, 4.69) is 27.4 Å². The molecule has 3 aromatic heterocycles. The number of aromatic nitrogens is 3. The second kappa shape index (κ2) is 10.3. The van der Waals surface area contributed by atoms with E-state index in [9.17, 15) is 4.79 Å². The van der Waals surface area contributed by atoms with E-state index < -0.39 is 5.82 Å². The quantitative estimate of drug-likeness (QED) is 0.176. The molecular weight excluding hydrogens is 578 g/mol. The number of hydrogen-bond acceptors (Lipinski definition) is 5. The SMILES string of the molecule is CNC(=O)c1cnc2c(c1)c(-c1cc(F)c3nccc(CCc4ccccc4)c3c1)cn2SOI. The summed E-state index contributed by atoms with van der Waals surface area (Å²) in [6.07, 6.45) is 6.62. The summed E-state index contributed by atoms with van der Waals surface area (Å²) >= 11 is 2.88. The lowest BCUT2D eigenvalue weighted by Gasteiger charge is -2.10. The first-order chi connectivity index (χ1) is 17.1. The van der Waals surface area contributed by atoms with Crippen molar-refractivity contribution < 1.29 is 11.7 Å². The van der Waals surface area contributed by atoms with Crippen LogP contribution in [-0.4, -0.2) is 26.9 Å². The Labute approximate surface area is 219 Å². The maximum absolute atomic E-state index is 15.3. The third kappa shape index (κ3) is 4.75. The molecule has 0 atom stereocenters. The molecule has 3 heterocycles. The highest BCUT2D eigenvalue weighted by molar-refractivity contribution is 14.1. The molecule has 9 heteroatoms. The molecule has 0 unspecified atom stereocenters. The molecule has 0 fully saturated rings. The second-order valence-electron chi connectivity index (χ2n) is 7.99. The van der Waals surface area contributed by atoms with Gasteiger partial charge in [-0.25, -0.2) is 11.9 Å². The topological polar surface area (TPSA) is 69.0 Å². The molecule has 5 aromatic rings. The van der Waals surface area contributed by atoms with Crippen LogP contribution >= 0.6 is 35.2 Å². The van der Waals surface area contributed by atoms with Gasteiger partial charge in [0.1, 0.15) is 46.6 Å². The average Bonchev–Trinajstić information content (AvgIpc) is 3.25. The summed E-state index contributed by atoms with van der Waals surface area (Å²) in [4.78, 5) is 21.0. The summed E-state index contributed by atoms with van der Waals surface area (Å²) < 4.78 is 22.3. The second-order valence-corrected chi connectivity index (χ2v) is 9.74. The predicted molar refractivity (Wildman–Crippen MR) is 146 cm³/mol. The Kier molecular flexibility index (Phi) is 6.98. The van der Waals surface area contributed by atoms with Crippen molar-refractivity contribution in [2.75, 3.05) is 7.05 Å². The van der Waals surface area contributed by atoms with Gasteiger partial charge in [0, 0.05) is 42.0 Å². The molecule has 0 aliphatic heterocycles. The summed E-state index contributed by atoms with van der Waals surface area (Å²) in [6.45, 7) is 0. The van der Waals surface area contributed by atoms with E-state index in [0.29, 0.717) is 22.3 Å². The normalized spacial score (nSPS) is 11.3. The Morgan fingerprint density at radius 2 is 1.94 bits per heavy atom. The number of amides is 1. The number of nitrogens with zero attached hydrogens (tertiary/aromatic N) is 3. The summed E-state index contributed by atoms with van der Waals surface area (Å²) in [7, 11) is 1.57. The maximum Gasteiger partial charge on any atom is 0.252 e. The number of hydrogen-bond donors (Lipinski definition) is 1. The molecule has 0 bridgehead atoms. The van der Waals surface area contributed by atoms with E-state index in [-0.39, 0.29) is 5.91 Å². The molecule has 0 aliphatic carbocycles. The van der Waals surface area contributed by atoms with Crippen LogP contribution in [0.15, 0.2) is 73.2 Å². The van der Waals surface area contributed by atoms with Gasteiger partial charge < -0.3 is 5.32 Å². The van der Waals surface area contributed by atoms with Gasteiger partial charge in [-0.1, -0.05) is 30.3 Å². The summed E-state index contributed by atoms with van der Waals surface area (Å²) in [5.41, 5.74) is 5.06. The van der Waals surface area contributed by atoms with Crippen LogP contribution in [0.5, 0.6) is 0 Å². The smallest absolute Gasteiger partial charge is 0.252 e. The van der Waals surface area contributed by atoms with Gasteiger partial charge in [0.2, 0.25) is 0 Å². The molecule has 35 heavy (non-hydrogen) atoms. The van der Waals surface area contributed by atoms with Crippen LogP contribution in [0.3, 0.4) is 0 Å². The van der Waals surface area contributed by atoms with Crippen molar-refractivity contribution in [3.05, 3.63) is 95.7 Å². The number of aryl methyl sites for hydroxylation is 2. The van der Waals surface area contributed by atoms with Gasteiger partial charge in [0.15, 0.2) is 5.65 Å². The lowest BCUT2D eigenvalue weighted by Crippen LogP contribution is -2.17. The Bertz CT molecular complexity index is 1540. The zero-order valence-corrected chi connectivity index (χ0v) is 21.6. The van der Waals surface area contributed by atoms with E-state index in [4.69, 9.17) is 2.51 Å². The number of benzene rings is 2. The number of halogens is 2. The number of carbonyl (C=O) groups is 1. The van der Waals surface area contributed by atoms with E-state index in [1.165, 1.54) is 17.8 Å². The lowest BCUT2D eigenvalue weighted by molar-refractivity contribution is 0.0963. The van der Waals surface area contributed by atoms with E-state index >= 15 is 4.39 Å².